The fraction of sp³-hybridized carbons (Fsp3) is 0.412. The molecular weight excluding hydrogens is 342 g/mol. The Labute approximate surface area is 149 Å². The summed E-state index contributed by atoms with van der Waals surface area (Å²) in [5.74, 6) is 0.437. The predicted octanol–water partition coefficient (Wildman–Crippen LogP) is 3.59. The van der Waals surface area contributed by atoms with Crippen molar-refractivity contribution in [1.29, 1.82) is 0 Å². The van der Waals surface area contributed by atoms with Crippen LogP contribution >= 0.6 is 11.8 Å². The Bertz CT molecular complexity index is 872. The minimum absolute atomic E-state index is 0.0573. The van der Waals surface area contributed by atoms with Gasteiger partial charge in [0.1, 0.15) is 10.6 Å². The van der Waals surface area contributed by atoms with E-state index in [4.69, 9.17) is 4.74 Å². The number of thioether (sulfide) groups is 1. The van der Waals surface area contributed by atoms with E-state index in [0.717, 1.165) is 21.7 Å². The van der Waals surface area contributed by atoms with E-state index in [1.807, 2.05) is 32.9 Å². The van der Waals surface area contributed by atoms with Gasteiger partial charge in [0, 0.05) is 17.2 Å². The van der Waals surface area contributed by atoms with Crippen LogP contribution < -0.4 is 0 Å². The summed E-state index contributed by atoms with van der Waals surface area (Å²) in [7, 11) is 0. The lowest BCUT2D eigenvalue weighted by molar-refractivity contribution is -0.383. The summed E-state index contributed by atoms with van der Waals surface area (Å²) in [5, 5.41) is 12.8. The number of non-ortho nitro benzene ring substituents is 1. The number of esters is 1. The molecule has 2 aromatic rings. The van der Waals surface area contributed by atoms with Gasteiger partial charge in [-0.2, -0.15) is 0 Å². The highest BCUT2D eigenvalue weighted by Gasteiger charge is 2.25. The maximum atomic E-state index is 11.8. The molecular formula is C17H19N3O4S. The van der Waals surface area contributed by atoms with E-state index in [-0.39, 0.29) is 35.1 Å². The van der Waals surface area contributed by atoms with Crippen molar-refractivity contribution < 1.29 is 14.5 Å². The largest absolute Gasteiger partial charge is 0.463 e. The van der Waals surface area contributed by atoms with E-state index in [1.54, 1.807) is 6.07 Å². The van der Waals surface area contributed by atoms with Crippen LogP contribution in [-0.4, -0.2) is 38.8 Å². The van der Waals surface area contributed by atoms with Crippen molar-refractivity contribution in [3.63, 3.8) is 0 Å². The second-order valence-electron chi connectivity index (χ2n) is 6.33. The van der Waals surface area contributed by atoms with Crippen LogP contribution in [0.4, 0.5) is 5.69 Å². The minimum atomic E-state index is -0.385. The molecule has 0 amide bonds. The molecule has 1 atom stereocenters. The first-order valence-electron chi connectivity index (χ1n) is 8.01. The van der Waals surface area contributed by atoms with E-state index in [0.29, 0.717) is 11.3 Å². The Morgan fingerprint density at radius 1 is 1.48 bits per heavy atom. The Morgan fingerprint density at radius 2 is 2.24 bits per heavy atom. The summed E-state index contributed by atoms with van der Waals surface area (Å²) < 4.78 is 5.16. The monoisotopic (exact) mass is 361 g/mol. The lowest BCUT2D eigenvalue weighted by Gasteiger charge is -2.09. The first-order valence-corrected chi connectivity index (χ1v) is 9.00. The maximum Gasteiger partial charge on any atom is 0.308 e. The predicted molar refractivity (Wildman–Crippen MR) is 98.3 cm³/mol. The van der Waals surface area contributed by atoms with Gasteiger partial charge in [-0.1, -0.05) is 0 Å². The minimum Gasteiger partial charge on any atom is -0.463 e. The number of hydrogen-bond acceptors (Lipinski definition) is 6. The van der Waals surface area contributed by atoms with Crippen LogP contribution in [0.1, 0.15) is 31.5 Å². The first-order chi connectivity index (χ1) is 11.8. The molecule has 0 bridgehead atoms. The van der Waals surface area contributed by atoms with Gasteiger partial charge < -0.3 is 9.72 Å². The summed E-state index contributed by atoms with van der Waals surface area (Å²) in [6.07, 6.45) is 0.108. The van der Waals surface area contributed by atoms with Gasteiger partial charge in [-0.3, -0.25) is 19.9 Å². The number of nitro benzene ring substituents is 1. The second-order valence-corrected chi connectivity index (χ2v) is 7.34. The molecule has 1 aliphatic rings. The number of aliphatic imine (C=N–C) groups is 1. The van der Waals surface area contributed by atoms with Crippen LogP contribution in [0.3, 0.4) is 0 Å². The summed E-state index contributed by atoms with van der Waals surface area (Å²) >= 11 is 1.54. The van der Waals surface area contributed by atoms with Crippen LogP contribution in [-0.2, 0) is 9.53 Å². The Hall–Kier alpha value is -2.35. The maximum absolute atomic E-state index is 11.8. The Morgan fingerprint density at radius 3 is 2.92 bits per heavy atom. The Kier molecular flexibility index (Phi) is 4.80. The normalized spacial score (nSPS) is 17.1. The number of rotatable bonds is 5. The van der Waals surface area contributed by atoms with Crippen molar-refractivity contribution in [2.45, 2.75) is 39.3 Å². The average Bonchev–Trinajstić information content (AvgIpc) is 3.11. The van der Waals surface area contributed by atoms with E-state index in [1.165, 1.54) is 11.8 Å². The summed E-state index contributed by atoms with van der Waals surface area (Å²) in [6.45, 7) is 5.46. The van der Waals surface area contributed by atoms with Gasteiger partial charge in [0.2, 0.25) is 0 Å². The average molecular weight is 361 g/mol. The molecule has 0 radical (unpaired) electrons. The lowest BCUT2D eigenvalue weighted by Crippen LogP contribution is -2.17. The second kappa shape index (κ2) is 6.87. The zero-order chi connectivity index (χ0) is 18.1. The number of aromatic nitrogens is 1. The highest BCUT2D eigenvalue weighted by atomic mass is 32.2. The number of nitrogens with zero attached hydrogens (tertiary/aromatic N) is 2. The molecule has 0 aliphatic carbocycles. The third kappa shape index (κ3) is 3.84. The number of benzene rings is 1. The number of fused-ring (bicyclic) bond motifs is 1. The highest BCUT2D eigenvalue weighted by molar-refractivity contribution is 8.14. The number of carbonyl (C=O) groups is 1. The van der Waals surface area contributed by atoms with Crippen molar-refractivity contribution in [1.82, 2.24) is 4.98 Å². The van der Waals surface area contributed by atoms with E-state index < -0.39 is 0 Å². The molecule has 8 heteroatoms. The molecule has 1 aromatic heterocycles. The number of aryl methyl sites for hydroxylation is 1. The lowest BCUT2D eigenvalue weighted by atomic mass is 10.1. The van der Waals surface area contributed by atoms with E-state index in [9.17, 15) is 14.9 Å². The Balaban J connectivity index is 1.85. The summed E-state index contributed by atoms with van der Waals surface area (Å²) in [4.78, 5) is 30.3. The van der Waals surface area contributed by atoms with Crippen molar-refractivity contribution in [2.24, 2.45) is 4.99 Å². The molecule has 0 saturated carbocycles. The van der Waals surface area contributed by atoms with Crippen LogP contribution in [0, 0.1) is 17.0 Å². The van der Waals surface area contributed by atoms with Gasteiger partial charge >= 0.3 is 5.97 Å². The topological polar surface area (TPSA) is 97.6 Å². The van der Waals surface area contributed by atoms with Crippen LogP contribution in [0.2, 0.25) is 0 Å². The zero-order valence-corrected chi connectivity index (χ0v) is 15.1. The zero-order valence-electron chi connectivity index (χ0n) is 14.2. The summed E-state index contributed by atoms with van der Waals surface area (Å²) in [6, 6.07) is 5.20. The number of ether oxygens (including phenoxy) is 1. The third-order valence-corrected chi connectivity index (χ3v) is 4.91. The molecule has 1 N–H and O–H groups in total. The standard InChI is InChI=1S/C17H19N3O4S/c1-9(2)24-15(21)7-12-8-25-17(18-12)13-6-11-4-10(3)5-14(20(22)23)16(11)19-13/h4-6,9,12,19H,7-8H2,1-3H3. The number of H-pyrrole nitrogens is 1. The first kappa shape index (κ1) is 17.5. The molecule has 25 heavy (non-hydrogen) atoms. The van der Waals surface area contributed by atoms with Gasteiger partial charge in [0.25, 0.3) is 5.69 Å². The SMILES string of the molecule is Cc1cc([N+](=O)[O-])c2[nH]c(C3=NC(CC(=O)OC(C)C)CS3)cc2c1. The fourth-order valence-corrected chi connectivity index (χ4v) is 3.83. The van der Waals surface area contributed by atoms with Crippen molar-refractivity contribution in [2.75, 3.05) is 5.75 Å². The molecule has 0 fully saturated rings. The number of hydrogen-bond donors (Lipinski definition) is 1. The molecule has 7 nitrogen and oxygen atoms in total. The molecule has 2 heterocycles. The molecule has 1 aliphatic heterocycles. The highest BCUT2D eigenvalue weighted by Crippen LogP contribution is 2.31. The third-order valence-electron chi connectivity index (χ3n) is 3.76. The van der Waals surface area contributed by atoms with E-state index in [2.05, 4.69) is 9.98 Å². The van der Waals surface area contributed by atoms with Gasteiger partial charge in [0.05, 0.1) is 29.2 Å². The van der Waals surface area contributed by atoms with Crippen molar-refractivity contribution in [3.8, 4) is 0 Å². The van der Waals surface area contributed by atoms with E-state index >= 15 is 0 Å². The van der Waals surface area contributed by atoms with Crippen LogP contribution in [0.15, 0.2) is 23.2 Å². The number of nitro groups is 1. The fourth-order valence-electron chi connectivity index (χ4n) is 2.80. The van der Waals surface area contributed by atoms with Crippen molar-refractivity contribution >= 4 is 39.4 Å². The number of aromatic amines is 1. The van der Waals surface area contributed by atoms with Gasteiger partial charge in [0.15, 0.2) is 0 Å². The van der Waals surface area contributed by atoms with Crippen molar-refractivity contribution in [3.05, 3.63) is 39.6 Å². The van der Waals surface area contributed by atoms with Gasteiger partial charge in [-0.15, -0.1) is 11.8 Å². The number of carbonyl (C=O) groups excluding carboxylic acids is 1. The number of nitrogens with one attached hydrogen (secondary N) is 1. The molecule has 1 unspecified atom stereocenters. The molecule has 132 valence electrons. The molecule has 3 rings (SSSR count). The van der Waals surface area contributed by atoms with Gasteiger partial charge in [-0.05, 0) is 38.5 Å². The quantitative estimate of drug-likeness (QED) is 0.498. The molecule has 1 aromatic carbocycles. The van der Waals surface area contributed by atoms with Crippen LogP contribution in [0.25, 0.3) is 10.9 Å². The smallest absolute Gasteiger partial charge is 0.308 e. The van der Waals surface area contributed by atoms with Crippen LogP contribution in [0.5, 0.6) is 0 Å². The molecule has 0 spiro atoms. The molecule has 0 saturated heterocycles. The summed E-state index contributed by atoms with van der Waals surface area (Å²) in [5.41, 5.74) is 2.13. The van der Waals surface area contributed by atoms with Gasteiger partial charge in [-0.25, -0.2) is 0 Å².